The molecule has 0 spiro atoms. The molecule has 4 heteroatoms. The van der Waals surface area contributed by atoms with Crippen molar-refractivity contribution in [2.24, 2.45) is 0 Å². The van der Waals surface area contributed by atoms with E-state index in [4.69, 9.17) is 21.1 Å². The predicted molar refractivity (Wildman–Crippen MR) is 87.6 cm³/mol. The van der Waals surface area contributed by atoms with Crippen LogP contribution in [0.2, 0.25) is 5.02 Å². The Hall–Kier alpha value is -2.00. The minimum atomic E-state index is -0.262. The van der Waals surface area contributed by atoms with Crippen LogP contribution in [0.1, 0.15) is 30.0 Å². The maximum atomic E-state index is 11.5. The van der Waals surface area contributed by atoms with Crippen LogP contribution in [0.5, 0.6) is 11.5 Å². The minimum absolute atomic E-state index is 0.262. The van der Waals surface area contributed by atoms with Crippen molar-refractivity contribution in [2.45, 2.75) is 33.8 Å². The largest absolute Gasteiger partial charge is 0.488 e. The highest BCUT2D eigenvalue weighted by Crippen LogP contribution is 2.28. The maximum Gasteiger partial charge on any atom is 0.310 e. The molecule has 116 valence electrons. The Kier molecular flexibility index (Phi) is 5.45. The van der Waals surface area contributed by atoms with Gasteiger partial charge in [-0.3, -0.25) is 4.79 Å². The number of esters is 1. The van der Waals surface area contributed by atoms with Crippen molar-refractivity contribution in [3.63, 3.8) is 0 Å². The smallest absolute Gasteiger partial charge is 0.310 e. The van der Waals surface area contributed by atoms with Gasteiger partial charge >= 0.3 is 5.97 Å². The summed E-state index contributed by atoms with van der Waals surface area (Å²) in [7, 11) is 0. The summed E-state index contributed by atoms with van der Waals surface area (Å²) in [4.78, 5) is 11.5. The quantitative estimate of drug-likeness (QED) is 0.584. The van der Waals surface area contributed by atoms with Gasteiger partial charge in [-0.25, -0.2) is 0 Å². The molecule has 0 radical (unpaired) electrons. The van der Waals surface area contributed by atoms with Gasteiger partial charge in [0.05, 0.1) is 0 Å². The molecule has 3 nitrogen and oxygen atoms in total. The number of hydrogen-bond donors (Lipinski definition) is 0. The van der Waals surface area contributed by atoms with Gasteiger partial charge in [0.25, 0.3) is 0 Å². The minimum Gasteiger partial charge on any atom is -0.488 e. The number of carbonyl (C=O) groups is 1. The second-order valence-corrected chi connectivity index (χ2v) is 5.50. The Bertz CT molecular complexity index is 680. The molecule has 0 fully saturated rings. The monoisotopic (exact) mass is 318 g/mol. The van der Waals surface area contributed by atoms with E-state index in [9.17, 15) is 4.79 Å². The average molecular weight is 319 g/mol. The number of ether oxygens (including phenoxy) is 2. The number of para-hydroxylation sites is 1. The lowest BCUT2D eigenvalue weighted by Crippen LogP contribution is -2.08. The molecule has 0 amide bonds. The summed E-state index contributed by atoms with van der Waals surface area (Å²) < 4.78 is 11.1. The van der Waals surface area contributed by atoms with Crippen LogP contribution in [-0.4, -0.2) is 5.97 Å². The zero-order valence-corrected chi connectivity index (χ0v) is 13.7. The van der Waals surface area contributed by atoms with E-state index in [1.165, 1.54) is 0 Å². The van der Waals surface area contributed by atoms with Crippen LogP contribution < -0.4 is 9.47 Å². The zero-order valence-electron chi connectivity index (χ0n) is 13.0. The van der Waals surface area contributed by atoms with Crippen molar-refractivity contribution >= 4 is 17.6 Å². The third kappa shape index (κ3) is 4.01. The van der Waals surface area contributed by atoms with E-state index in [2.05, 4.69) is 0 Å². The van der Waals surface area contributed by atoms with Crippen LogP contribution in [0, 0.1) is 13.8 Å². The molecular weight excluding hydrogens is 300 g/mol. The van der Waals surface area contributed by atoms with Crippen LogP contribution >= 0.6 is 11.6 Å². The summed E-state index contributed by atoms with van der Waals surface area (Å²) in [6, 6.07) is 11.2. The van der Waals surface area contributed by atoms with Crippen LogP contribution in [-0.2, 0) is 11.4 Å². The number of rotatable bonds is 5. The van der Waals surface area contributed by atoms with Gasteiger partial charge < -0.3 is 9.47 Å². The highest BCUT2D eigenvalue weighted by atomic mass is 35.5. The van der Waals surface area contributed by atoms with Gasteiger partial charge in [-0.15, -0.1) is 0 Å². The fourth-order valence-electron chi connectivity index (χ4n) is 2.04. The number of halogens is 1. The second-order valence-electron chi connectivity index (χ2n) is 5.09. The summed E-state index contributed by atoms with van der Waals surface area (Å²) in [6.07, 6.45) is 0.335. The Balaban J connectivity index is 2.15. The first-order chi connectivity index (χ1) is 10.5. The van der Waals surface area contributed by atoms with Crippen LogP contribution in [0.3, 0.4) is 0 Å². The third-order valence-electron chi connectivity index (χ3n) is 3.32. The third-order valence-corrected chi connectivity index (χ3v) is 3.73. The van der Waals surface area contributed by atoms with Crippen molar-refractivity contribution in [1.29, 1.82) is 0 Å². The van der Waals surface area contributed by atoms with E-state index in [1.54, 1.807) is 13.0 Å². The van der Waals surface area contributed by atoms with E-state index in [0.29, 0.717) is 23.8 Å². The first-order valence-corrected chi connectivity index (χ1v) is 7.57. The van der Waals surface area contributed by atoms with Crippen molar-refractivity contribution in [3.8, 4) is 11.5 Å². The highest BCUT2D eigenvalue weighted by Gasteiger charge is 2.09. The van der Waals surface area contributed by atoms with Gasteiger partial charge in [0.15, 0.2) is 0 Å². The SMILES string of the molecule is CCC(=O)Oc1ccccc1COc1cc(Cl)c(C)cc1C. The predicted octanol–water partition coefficient (Wildman–Crippen LogP) is 4.85. The second kappa shape index (κ2) is 7.32. The molecule has 0 bridgehead atoms. The summed E-state index contributed by atoms with van der Waals surface area (Å²) in [6.45, 7) is 6.01. The molecule has 0 unspecified atom stereocenters. The molecule has 0 aromatic heterocycles. The molecule has 2 rings (SSSR count). The molecular formula is C18H19ClO3. The lowest BCUT2D eigenvalue weighted by molar-refractivity contribution is -0.134. The number of aryl methyl sites for hydroxylation is 2. The molecule has 2 aromatic carbocycles. The molecule has 22 heavy (non-hydrogen) atoms. The fraction of sp³-hybridized carbons (Fsp3) is 0.278. The van der Waals surface area contributed by atoms with E-state index in [0.717, 1.165) is 22.4 Å². The Morgan fingerprint density at radius 1 is 1.09 bits per heavy atom. The van der Waals surface area contributed by atoms with Crippen LogP contribution in [0.25, 0.3) is 0 Å². The summed E-state index contributed by atoms with van der Waals surface area (Å²) in [5.41, 5.74) is 2.86. The number of hydrogen-bond acceptors (Lipinski definition) is 3. The lowest BCUT2D eigenvalue weighted by Gasteiger charge is -2.13. The standard InChI is InChI=1S/C18H19ClO3/c1-4-18(20)22-16-8-6-5-7-14(16)11-21-17-10-15(19)12(2)9-13(17)3/h5-10H,4,11H2,1-3H3. The lowest BCUT2D eigenvalue weighted by atomic mass is 10.1. The van der Waals surface area contributed by atoms with Crippen molar-refractivity contribution in [3.05, 3.63) is 58.1 Å². The molecule has 0 aliphatic heterocycles. The number of benzene rings is 2. The first-order valence-electron chi connectivity index (χ1n) is 7.19. The highest BCUT2D eigenvalue weighted by molar-refractivity contribution is 6.31. The van der Waals surface area contributed by atoms with E-state index < -0.39 is 0 Å². The summed E-state index contributed by atoms with van der Waals surface area (Å²) >= 11 is 6.14. The fourth-order valence-corrected chi connectivity index (χ4v) is 2.19. The summed E-state index contributed by atoms with van der Waals surface area (Å²) in [5, 5.41) is 0.672. The Morgan fingerprint density at radius 3 is 2.55 bits per heavy atom. The van der Waals surface area contributed by atoms with Gasteiger partial charge in [0, 0.05) is 17.0 Å². The average Bonchev–Trinajstić information content (AvgIpc) is 2.50. The normalized spacial score (nSPS) is 10.4. The van der Waals surface area contributed by atoms with Crippen LogP contribution in [0.15, 0.2) is 36.4 Å². The Morgan fingerprint density at radius 2 is 1.82 bits per heavy atom. The molecule has 0 heterocycles. The van der Waals surface area contributed by atoms with Gasteiger partial charge in [0.1, 0.15) is 18.1 Å². The van der Waals surface area contributed by atoms with Crippen LogP contribution in [0.4, 0.5) is 0 Å². The van der Waals surface area contributed by atoms with Crippen molar-refractivity contribution in [1.82, 2.24) is 0 Å². The maximum absolute atomic E-state index is 11.5. The van der Waals surface area contributed by atoms with Gasteiger partial charge in [-0.05, 0) is 37.1 Å². The van der Waals surface area contributed by atoms with Gasteiger partial charge in [0.2, 0.25) is 0 Å². The molecule has 0 N–H and O–H groups in total. The van der Waals surface area contributed by atoms with Gasteiger partial charge in [-0.2, -0.15) is 0 Å². The van der Waals surface area contributed by atoms with E-state index in [-0.39, 0.29) is 5.97 Å². The Labute approximate surface area is 135 Å². The topological polar surface area (TPSA) is 35.5 Å². The molecule has 0 aliphatic carbocycles. The summed E-state index contributed by atoms with van der Waals surface area (Å²) in [5.74, 6) is 0.999. The van der Waals surface area contributed by atoms with Crippen molar-refractivity contribution in [2.75, 3.05) is 0 Å². The van der Waals surface area contributed by atoms with Crippen molar-refractivity contribution < 1.29 is 14.3 Å². The van der Waals surface area contributed by atoms with Gasteiger partial charge in [-0.1, -0.05) is 42.8 Å². The number of carbonyl (C=O) groups excluding carboxylic acids is 1. The molecule has 0 aliphatic rings. The zero-order chi connectivity index (χ0) is 16.1. The molecule has 0 atom stereocenters. The molecule has 2 aromatic rings. The molecule has 0 saturated heterocycles. The first kappa shape index (κ1) is 16.4. The molecule has 0 saturated carbocycles. The van der Waals surface area contributed by atoms with E-state index in [1.807, 2.05) is 44.2 Å². The van der Waals surface area contributed by atoms with E-state index >= 15 is 0 Å².